The van der Waals surface area contributed by atoms with E-state index in [1.807, 2.05) is 0 Å². The molecule has 0 saturated carbocycles. The Labute approximate surface area is 127 Å². The van der Waals surface area contributed by atoms with Gasteiger partial charge >= 0.3 is 0 Å². The molecule has 0 atom stereocenters. The van der Waals surface area contributed by atoms with E-state index in [1.165, 1.54) is 11.8 Å². The van der Waals surface area contributed by atoms with Gasteiger partial charge in [-0.15, -0.1) is 0 Å². The maximum atomic E-state index is 11.4. The molecule has 7 heteroatoms. The number of sulfone groups is 1. The van der Waals surface area contributed by atoms with Crippen molar-refractivity contribution in [3.05, 3.63) is 48.0 Å². The number of carbonyl (C=O) groups is 1. The normalized spacial score (nSPS) is 11.3. The second-order valence-corrected chi connectivity index (χ2v) is 7.62. The molecule has 5 nitrogen and oxygen atoms in total. The Morgan fingerprint density at radius 1 is 1.05 bits per heavy atom. The summed E-state index contributed by atoms with van der Waals surface area (Å²) in [6.07, 6.45) is 1.16. The number of amides is 1. The van der Waals surface area contributed by atoms with Gasteiger partial charge in [-0.3, -0.25) is 4.79 Å². The van der Waals surface area contributed by atoms with Crippen LogP contribution >= 0.6 is 11.8 Å². The van der Waals surface area contributed by atoms with E-state index in [1.54, 1.807) is 42.5 Å². The molecule has 2 aromatic carbocycles. The first-order chi connectivity index (χ1) is 9.77. The Kier molecular flexibility index (Phi) is 4.24. The third-order valence-electron chi connectivity index (χ3n) is 2.78. The van der Waals surface area contributed by atoms with Gasteiger partial charge in [0, 0.05) is 21.7 Å². The van der Waals surface area contributed by atoms with Crippen molar-refractivity contribution in [2.24, 2.45) is 5.73 Å². The van der Waals surface area contributed by atoms with Gasteiger partial charge in [-0.05, 0) is 42.5 Å². The quantitative estimate of drug-likeness (QED) is 0.837. The Morgan fingerprint density at radius 2 is 1.62 bits per heavy atom. The minimum atomic E-state index is -3.20. The summed E-state index contributed by atoms with van der Waals surface area (Å²) in [6.45, 7) is 0. The lowest BCUT2D eigenvalue weighted by Crippen LogP contribution is -2.13. The van der Waals surface area contributed by atoms with Crippen LogP contribution in [0, 0.1) is 0 Å². The molecule has 0 bridgehead atoms. The lowest BCUT2D eigenvalue weighted by Gasteiger charge is -2.06. The van der Waals surface area contributed by atoms with E-state index in [9.17, 15) is 13.2 Å². The van der Waals surface area contributed by atoms with Crippen molar-refractivity contribution in [1.29, 1.82) is 0 Å². The number of anilines is 1. The van der Waals surface area contributed by atoms with E-state index in [-0.39, 0.29) is 10.5 Å². The van der Waals surface area contributed by atoms with Gasteiger partial charge in [0.1, 0.15) is 0 Å². The lowest BCUT2D eigenvalue weighted by atomic mass is 10.2. The molecule has 0 aliphatic carbocycles. The van der Waals surface area contributed by atoms with Crippen molar-refractivity contribution in [3.8, 4) is 0 Å². The number of benzene rings is 2. The van der Waals surface area contributed by atoms with E-state index >= 15 is 0 Å². The van der Waals surface area contributed by atoms with Crippen LogP contribution in [0.1, 0.15) is 10.4 Å². The molecule has 2 rings (SSSR count). The highest BCUT2D eigenvalue weighted by Crippen LogP contribution is 2.30. The predicted molar refractivity (Wildman–Crippen MR) is 83.0 cm³/mol. The molecule has 0 heterocycles. The highest BCUT2D eigenvalue weighted by atomic mass is 32.2. The molecule has 0 aliphatic rings. The number of carbonyl (C=O) groups excluding carboxylic acids is 1. The second-order valence-electron chi connectivity index (χ2n) is 4.46. The van der Waals surface area contributed by atoms with Gasteiger partial charge in [0.2, 0.25) is 0 Å². The number of rotatable bonds is 4. The van der Waals surface area contributed by atoms with Gasteiger partial charge in [-0.25, -0.2) is 8.42 Å². The largest absolute Gasteiger partial charge is 0.398 e. The standard InChI is InChI=1S/C14H14N2O3S2/c1-21(18,19)11-5-2-9(3-6-11)20-10-4-7-13(15)12(8-10)14(16)17/h2-8H,15H2,1H3,(H2,16,17). The van der Waals surface area contributed by atoms with E-state index in [4.69, 9.17) is 11.5 Å². The molecule has 0 aromatic heterocycles. The molecule has 0 aliphatic heterocycles. The first-order valence-electron chi connectivity index (χ1n) is 5.94. The van der Waals surface area contributed by atoms with Crippen LogP contribution in [-0.2, 0) is 9.84 Å². The van der Waals surface area contributed by atoms with Crippen LogP contribution in [0.3, 0.4) is 0 Å². The van der Waals surface area contributed by atoms with Crippen molar-refractivity contribution in [2.75, 3.05) is 12.0 Å². The molecule has 0 unspecified atom stereocenters. The van der Waals surface area contributed by atoms with Crippen LogP contribution in [-0.4, -0.2) is 20.6 Å². The molecule has 21 heavy (non-hydrogen) atoms. The van der Waals surface area contributed by atoms with E-state index in [0.717, 1.165) is 16.0 Å². The van der Waals surface area contributed by atoms with Crippen molar-refractivity contribution >= 4 is 33.2 Å². The molecular formula is C14H14N2O3S2. The molecule has 2 aromatic rings. The first-order valence-corrected chi connectivity index (χ1v) is 8.65. The molecular weight excluding hydrogens is 308 g/mol. The lowest BCUT2D eigenvalue weighted by molar-refractivity contribution is 0.100. The zero-order valence-electron chi connectivity index (χ0n) is 11.2. The van der Waals surface area contributed by atoms with Crippen molar-refractivity contribution in [3.63, 3.8) is 0 Å². The van der Waals surface area contributed by atoms with E-state index < -0.39 is 15.7 Å². The van der Waals surface area contributed by atoms with Crippen LogP contribution < -0.4 is 11.5 Å². The topological polar surface area (TPSA) is 103 Å². The molecule has 110 valence electrons. The van der Waals surface area contributed by atoms with Gasteiger partial charge in [0.05, 0.1) is 10.5 Å². The summed E-state index contributed by atoms with van der Waals surface area (Å²) in [4.78, 5) is 13.2. The first kappa shape index (κ1) is 15.4. The summed E-state index contributed by atoms with van der Waals surface area (Å²) in [6, 6.07) is 11.5. The molecule has 0 fully saturated rings. The summed E-state index contributed by atoms with van der Waals surface area (Å²) < 4.78 is 22.8. The van der Waals surface area contributed by atoms with Crippen LogP contribution in [0.15, 0.2) is 57.2 Å². The third kappa shape index (κ3) is 3.77. The monoisotopic (exact) mass is 322 g/mol. The maximum absolute atomic E-state index is 11.4. The highest BCUT2D eigenvalue weighted by Gasteiger charge is 2.09. The Balaban J connectivity index is 2.26. The van der Waals surface area contributed by atoms with E-state index in [2.05, 4.69) is 0 Å². The fourth-order valence-corrected chi connectivity index (χ4v) is 3.19. The number of hydrogen-bond donors (Lipinski definition) is 2. The number of primary amides is 1. The van der Waals surface area contributed by atoms with Crippen LogP contribution in [0.2, 0.25) is 0 Å². The van der Waals surface area contributed by atoms with Crippen molar-refractivity contribution < 1.29 is 13.2 Å². The molecule has 4 N–H and O–H groups in total. The molecule has 1 amide bonds. The minimum Gasteiger partial charge on any atom is -0.398 e. The summed E-state index contributed by atoms with van der Waals surface area (Å²) in [5.41, 5.74) is 11.5. The fraction of sp³-hybridized carbons (Fsp3) is 0.0714. The average Bonchev–Trinajstić information content (AvgIpc) is 2.40. The highest BCUT2D eigenvalue weighted by molar-refractivity contribution is 7.99. The van der Waals surface area contributed by atoms with E-state index in [0.29, 0.717) is 5.69 Å². The van der Waals surface area contributed by atoms with Crippen molar-refractivity contribution in [1.82, 2.24) is 0 Å². The summed E-state index contributed by atoms with van der Waals surface area (Å²) in [5.74, 6) is -0.581. The number of hydrogen-bond acceptors (Lipinski definition) is 5. The maximum Gasteiger partial charge on any atom is 0.250 e. The average molecular weight is 322 g/mol. The molecule has 0 saturated heterocycles. The van der Waals surface area contributed by atoms with Crippen LogP contribution in [0.4, 0.5) is 5.69 Å². The third-order valence-corrected chi connectivity index (χ3v) is 4.90. The minimum absolute atomic E-state index is 0.266. The number of nitrogen functional groups attached to an aromatic ring is 1. The molecule has 0 spiro atoms. The Hall–Kier alpha value is -1.99. The van der Waals surface area contributed by atoms with Gasteiger partial charge in [-0.2, -0.15) is 0 Å². The predicted octanol–water partition coefficient (Wildman–Crippen LogP) is 1.92. The Bertz CT molecular complexity index is 784. The SMILES string of the molecule is CS(=O)(=O)c1ccc(Sc2ccc(N)c(C(N)=O)c2)cc1. The zero-order chi connectivity index (χ0) is 15.6. The second kappa shape index (κ2) is 5.79. The molecule has 0 radical (unpaired) electrons. The van der Waals surface area contributed by atoms with Crippen molar-refractivity contribution in [2.45, 2.75) is 14.7 Å². The summed E-state index contributed by atoms with van der Waals surface area (Å²) >= 11 is 1.39. The van der Waals surface area contributed by atoms with Crippen LogP contribution in [0.5, 0.6) is 0 Å². The smallest absolute Gasteiger partial charge is 0.250 e. The Morgan fingerprint density at radius 3 is 2.14 bits per heavy atom. The zero-order valence-corrected chi connectivity index (χ0v) is 12.9. The number of nitrogens with two attached hydrogens (primary N) is 2. The van der Waals surface area contributed by atoms with Gasteiger partial charge in [-0.1, -0.05) is 11.8 Å². The fourth-order valence-electron chi connectivity index (χ4n) is 1.70. The summed E-state index contributed by atoms with van der Waals surface area (Å²) in [7, 11) is -3.20. The van der Waals surface area contributed by atoms with Gasteiger partial charge < -0.3 is 11.5 Å². The van der Waals surface area contributed by atoms with Crippen LogP contribution in [0.25, 0.3) is 0 Å². The van der Waals surface area contributed by atoms with Gasteiger partial charge in [0.15, 0.2) is 9.84 Å². The van der Waals surface area contributed by atoms with Gasteiger partial charge in [0.25, 0.3) is 5.91 Å². The summed E-state index contributed by atoms with van der Waals surface area (Å²) in [5, 5.41) is 0.